The molecule has 3 aromatic carbocycles. The molecule has 0 aliphatic heterocycles. The van der Waals surface area contributed by atoms with Gasteiger partial charge >= 0.3 is 0 Å². The zero-order valence-corrected chi connectivity index (χ0v) is 15.5. The van der Waals surface area contributed by atoms with E-state index in [4.69, 9.17) is 0 Å². The molecule has 2 N–H and O–H groups in total. The molecule has 0 radical (unpaired) electrons. The molecule has 0 heterocycles. The highest BCUT2D eigenvalue weighted by Gasteiger charge is 2.06. The van der Waals surface area contributed by atoms with E-state index in [9.17, 15) is 0 Å². The Kier molecular flexibility index (Phi) is 6.10. The number of hydrogen-bond donors (Lipinski definition) is 2. The van der Waals surface area contributed by atoms with Crippen LogP contribution in [0.4, 0.5) is 11.4 Å². The molecule has 0 aromatic heterocycles. The zero-order valence-electron chi connectivity index (χ0n) is 15.5. The fraction of sp³-hybridized carbons (Fsp3) is 0.167. The summed E-state index contributed by atoms with van der Waals surface area (Å²) < 4.78 is 0. The van der Waals surface area contributed by atoms with Crippen molar-refractivity contribution in [3.63, 3.8) is 0 Å². The molecule has 0 bridgehead atoms. The van der Waals surface area contributed by atoms with Gasteiger partial charge in [0.25, 0.3) is 0 Å². The summed E-state index contributed by atoms with van der Waals surface area (Å²) in [5.74, 6) is 0. The zero-order chi connectivity index (χ0) is 18.2. The van der Waals surface area contributed by atoms with Gasteiger partial charge in [-0.05, 0) is 66.5 Å². The second-order valence-electron chi connectivity index (χ2n) is 6.18. The number of rotatable bonds is 7. The van der Waals surface area contributed by atoms with Crippen molar-refractivity contribution in [2.75, 3.05) is 23.7 Å². The molecule has 26 heavy (non-hydrogen) atoms. The Morgan fingerprint density at radius 2 is 1.12 bits per heavy atom. The Hall–Kier alpha value is -3.00. The van der Waals surface area contributed by atoms with Crippen LogP contribution in [0.3, 0.4) is 0 Å². The van der Waals surface area contributed by atoms with Gasteiger partial charge in [-0.2, -0.15) is 0 Å². The van der Waals surface area contributed by atoms with Gasteiger partial charge in [0.15, 0.2) is 0 Å². The van der Waals surface area contributed by atoms with Gasteiger partial charge in [-0.25, -0.2) is 0 Å². The fourth-order valence-corrected chi connectivity index (χ4v) is 2.99. The van der Waals surface area contributed by atoms with Crippen LogP contribution >= 0.6 is 0 Å². The minimum absolute atomic E-state index is 0.929. The van der Waals surface area contributed by atoms with Crippen molar-refractivity contribution in [2.45, 2.75) is 13.8 Å². The normalized spacial score (nSPS) is 10.2. The fourth-order valence-electron chi connectivity index (χ4n) is 2.99. The van der Waals surface area contributed by atoms with E-state index in [-0.39, 0.29) is 0 Å². The van der Waals surface area contributed by atoms with E-state index in [0.717, 1.165) is 24.5 Å². The maximum absolute atomic E-state index is 3.36. The van der Waals surface area contributed by atoms with Crippen molar-refractivity contribution >= 4 is 23.0 Å². The summed E-state index contributed by atoms with van der Waals surface area (Å²) >= 11 is 0. The summed E-state index contributed by atoms with van der Waals surface area (Å²) in [7, 11) is 0. The minimum atomic E-state index is 0.929. The first-order valence-corrected chi connectivity index (χ1v) is 9.25. The first-order chi connectivity index (χ1) is 12.8. The lowest BCUT2D eigenvalue weighted by Crippen LogP contribution is -1.97. The predicted molar refractivity (Wildman–Crippen MR) is 115 cm³/mol. The van der Waals surface area contributed by atoms with Gasteiger partial charge in [-0.3, -0.25) is 0 Å². The largest absolute Gasteiger partial charge is 0.385 e. The van der Waals surface area contributed by atoms with Crippen LogP contribution in [0, 0.1) is 0 Å². The Morgan fingerprint density at radius 3 is 1.54 bits per heavy atom. The van der Waals surface area contributed by atoms with Crippen LogP contribution in [0.2, 0.25) is 0 Å². The number of anilines is 2. The summed E-state index contributed by atoms with van der Waals surface area (Å²) in [6.07, 6.45) is 2.25. The average molecular weight is 342 g/mol. The summed E-state index contributed by atoms with van der Waals surface area (Å²) in [5.41, 5.74) is 7.16. The monoisotopic (exact) mass is 342 g/mol. The second kappa shape index (κ2) is 8.91. The number of hydrogen-bond acceptors (Lipinski definition) is 2. The summed E-state index contributed by atoms with van der Waals surface area (Å²) in [5, 5.41) is 6.71. The lowest BCUT2D eigenvalue weighted by Gasteiger charge is -2.12. The van der Waals surface area contributed by atoms with Crippen LogP contribution in [-0.4, -0.2) is 13.1 Å². The van der Waals surface area contributed by atoms with Gasteiger partial charge in [0.2, 0.25) is 0 Å². The van der Waals surface area contributed by atoms with Crippen LogP contribution < -0.4 is 10.6 Å². The molecule has 0 atom stereocenters. The van der Waals surface area contributed by atoms with Gasteiger partial charge in [0.05, 0.1) is 0 Å². The predicted octanol–water partition coefficient (Wildman–Crippen LogP) is 6.14. The van der Waals surface area contributed by atoms with Crippen LogP contribution in [0.15, 0.2) is 78.9 Å². The van der Waals surface area contributed by atoms with Gasteiger partial charge in [-0.1, -0.05) is 54.6 Å². The maximum Gasteiger partial charge on any atom is 0.0340 e. The first kappa shape index (κ1) is 17.8. The number of nitrogens with one attached hydrogen (secondary N) is 2. The van der Waals surface area contributed by atoms with E-state index in [1.54, 1.807) is 0 Å². The van der Waals surface area contributed by atoms with Crippen LogP contribution in [-0.2, 0) is 0 Å². The lowest BCUT2D eigenvalue weighted by atomic mass is 9.95. The van der Waals surface area contributed by atoms with Crippen LogP contribution in [0.25, 0.3) is 11.6 Å². The molecular weight excluding hydrogens is 316 g/mol. The first-order valence-electron chi connectivity index (χ1n) is 9.25. The van der Waals surface area contributed by atoms with Gasteiger partial charge in [0, 0.05) is 24.5 Å². The van der Waals surface area contributed by atoms with E-state index >= 15 is 0 Å². The van der Waals surface area contributed by atoms with Crippen LogP contribution in [0.1, 0.15) is 30.5 Å². The molecule has 3 rings (SSSR count). The van der Waals surface area contributed by atoms with Gasteiger partial charge < -0.3 is 10.6 Å². The average Bonchev–Trinajstić information content (AvgIpc) is 2.69. The molecule has 0 saturated heterocycles. The lowest BCUT2D eigenvalue weighted by molar-refractivity contribution is 1.21. The third-order valence-corrected chi connectivity index (χ3v) is 4.26. The van der Waals surface area contributed by atoms with Crippen molar-refractivity contribution in [3.8, 4) is 0 Å². The molecule has 2 nitrogen and oxygen atoms in total. The molecule has 3 aromatic rings. The molecule has 0 spiro atoms. The van der Waals surface area contributed by atoms with Crippen molar-refractivity contribution in [3.05, 3.63) is 95.6 Å². The van der Waals surface area contributed by atoms with Crippen molar-refractivity contribution in [1.82, 2.24) is 0 Å². The van der Waals surface area contributed by atoms with Crippen molar-refractivity contribution < 1.29 is 0 Å². The van der Waals surface area contributed by atoms with Crippen molar-refractivity contribution in [2.24, 2.45) is 0 Å². The molecule has 0 saturated carbocycles. The molecule has 0 fully saturated rings. The Bertz CT molecular complexity index is 780. The SMILES string of the molecule is CCNc1ccc(C(=Cc2ccccc2)c2ccc(NCC)cc2)cc1. The highest BCUT2D eigenvalue weighted by Crippen LogP contribution is 2.28. The summed E-state index contributed by atoms with van der Waals surface area (Å²) in [6.45, 7) is 6.08. The molecular formula is C24H26N2. The third-order valence-electron chi connectivity index (χ3n) is 4.26. The summed E-state index contributed by atoms with van der Waals surface area (Å²) in [6, 6.07) is 27.8. The molecule has 0 unspecified atom stereocenters. The molecule has 2 heteroatoms. The minimum Gasteiger partial charge on any atom is -0.385 e. The van der Waals surface area contributed by atoms with E-state index in [0.29, 0.717) is 0 Å². The van der Waals surface area contributed by atoms with E-state index in [1.165, 1.54) is 22.3 Å². The van der Waals surface area contributed by atoms with Crippen molar-refractivity contribution in [1.29, 1.82) is 0 Å². The standard InChI is InChI=1S/C24H26N2/c1-3-25-22-14-10-20(11-15-22)24(18-19-8-6-5-7-9-19)21-12-16-23(17-13-21)26-4-2/h5-18,25-26H,3-4H2,1-2H3. The third kappa shape index (κ3) is 4.54. The van der Waals surface area contributed by atoms with E-state index < -0.39 is 0 Å². The maximum atomic E-state index is 3.36. The second-order valence-corrected chi connectivity index (χ2v) is 6.18. The topological polar surface area (TPSA) is 24.1 Å². The quantitative estimate of drug-likeness (QED) is 0.504. The summed E-state index contributed by atoms with van der Waals surface area (Å²) in [4.78, 5) is 0. The Morgan fingerprint density at radius 1 is 0.654 bits per heavy atom. The van der Waals surface area contributed by atoms with Gasteiger partial charge in [0.1, 0.15) is 0 Å². The highest BCUT2D eigenvalue weighted by molar-refractivity contribution is 5.92. The van der Waals surface area contributed by atoms with Crippen LogP contribution in [0.5, 0.6) is 0 Å². The molecule has 0 aliphatic rings. The number of benzene rings is 3. The molecule has 132 valence electrons. The van der Waals surface area contributed by atoms with E-state index in [2.05, 4.69) is 103 Å². The van der Waals surface area contributed by atoms with Gasteiger partial charge in [-0.15, -0.1) is 0 Å². The van der Waals surface area contributed by atoms with E-state index in [1.807, 2.05) is 6.07 Å². The Balaban J connectivity index is 2.00. The highest BCUT2D eigenvalue weighted by atomic mass is 14.8. The smallest absolute Gasteiger partial charge is 0.0340 e. The molecule has 0 amide bonds. The molecule has 0 aliphatic carbocycles. The Labute approximate surface area is 156 Å².